The van der Waals surface area contributed by atoms with Crippen LogP contribution in [-0.4, -0.2) is 54.8 Å². The Balaban J connectivity index is 2.28. The van der Waals surface area contributed by atoms with E-state index in [1.807, 2.05) is 6.07 Å². The second kappa shape index (κ2) is 11.0. The number of likely N-dealkylation sites (N-methyl/N-ethyl adjacent to an activating group) is 1. The number of sulfonamides is 1. The first-order chi connectivity index (χ1) is 14.6. The van der Waals surface area contributed by atoms with E-state index in [2.05, 4.69) is 5.32 Å². The summed E-state index contributed by atoms with van der Waals surface area (Å²) in [4.78, 5) is 26.9. The first-order valence-corrected chi connectivity index (χ1v) is 11.8. The zero-order chi connectivity index (χ0) is 23.0. The Morgan fingerprint density at radius 1 is 1.00 bits per heavy atom. The third kappa shape index (κ3) is 7.45. The molecule has 0 radical (unpaired) electrons. The standard InChI is InChI=1S/C22H28FN3O4S/c1-4-24-22(28)17(2)26(15-19-10-12-20(23)13-11-19)21(27)16-25(31(3,29)30)14-18-8-6-5-7-9-18/h5-13,17H,4,14-16H2,1-3H3,(H,24,28)/t17-/m0/s1. The van der Waals surface area contributed by atoms with Crippen molar-refractivity contribution in [2.24, 2.45) is 0 Å². The molecule has 31 heavy (non-hydrogen) atoms. The molecule has 2 aromatic carbocycles. The molecule has 0 unspecified atom stereocenters. The third-order valence-corrected chi connectivity index (χ3v) is 5.96. The quantitative estimate of drug-likeness (QED) is 0.602. The summed E-state index contributed by atoms with van der Waals surface area (Å²) in [5, 5.41) is 2.67. The molecule has 2 aromatic rings. The molecule has 0 aromatic heterocycles. The number of carbonyl (C=O) groups excluding carboxylic acids is 2. The van der Waals surface area contributed by atoms with E-state index < -0.39 is 34.3 Å². The van der Waals surface area contributed by atoms with Crippen LogP contribution in [0.4, 0.5) is 4.39 Å². The average Bonchev–Trinajstić information content (AvgIpc) is 2.72. The van der Waals surface area contributed by atoms with Crippen molar-refractivity contribution in [3.05, 3.63) is 71.5 Å². The molecule has 0 bridgehead atoms. The summed E-state index contributed by atoms with van der Waals surface area (Å²) >= 11 is 0. The Labute approximate surface area is 182 Å². The van der Waals surface area contributed by atoms with E-state index in [1.54, 1.807) is 38.1 Å². The van der Waals surface area contributed by atoms with Gasteiger partial charge in [0.15, 0.2) is 0 Å². The highest BCUT2D eigenvalue weighted by Crippen LogP contribution is 2.14. The van der Waals surface area contributed by atoms with Gasteiger partial charge in [-0.25, -0.2) is 12.8 Å². The number of amides is 2. The van der Waals surface area contributed by atoms with E-state index in [4.69, 9.17) is 0 Å². The fourth-order valence-electron chi connectivity index (χ4n) is 3.01. The molecular formula is C22H28FN3O4S. The monoisotopic (exact) mass is 449 g/mol. The van der Waals surface area contributed by atoms with Crippen molar-refractivity contribution in [2.45, 2.75) is 33.0 Å². The zero-order valence-corrected chi connectivity index (χ0v) is 18.7. The van der Waals surface area contributed by atoms with Crippen LogP contribution in [0.15, 0.2) is 54.6 Å². The highest BCUT2D eigenvalue weighted by molar-refractivity contribution is 7.88. The SMILES string of the molecule is CCNC(=O)[C@H](C)N(Cc1ccc(F)cc1)C(=O)CN(Cc1ccccc1)S(C)(=O)=O. The second-order valence-electron chi connectivity index (χ2n) is 7.24. The number of carbonyl (C=O) groups is 2. The second-order valence-corrected chi connectivity index (χ2v) is 9.22. The van der Waals surface area contributed by atoms with Gasteiger partial charge in [0, 0.05) is 19.6 Å². The topological polar surface area (TPSA) is 86.8 Å². The van der Waals surface area contributed by atoms with Gasteiger partial charge < -0.3 is 10.2 Å². The minimum Gasteiger partial charge on any atom is -0.355 e. The summed E-state index contributed by atoms with van der Waals surface area (Å²) < 4.78 is 39.0. The Morgan fingerprint density at radius 2 is 1.58 bits per heavy atom. The average molecular weight is 450 g/mol. The van der Waals surface area contributed by atoms with Crippen molar-refractivity contribution >= 4 is 21.8 Å². The van der Waals surface area contributed by atoms with Gasteiger partial charge in [-0.05, 0) is 37.1 Å². The largest absolute Gasteiger partial charge is 0.355 e. The maximum absolute atomic E-state index is 13.3. The van der Waals surface area contributed by atoms with E-state index in [1.165, 1.54) is 29.2 Å². The Bertz CT molecular complexity index is 982. The minimum absolute atomic E-state index is 0.0331. The van der Waals surface area contributed by atoms with Gasteiger partial charge in [-0.2, -0.15) is 4.31 Å². The van der Waals surface area contributed by atoms with Crippen molar-refractivity contribution in [3.63, 3.8) is 0 Å². The molecule has 9 heteroatoms. The van der Waals surface area contributed by atoms with Crippen molar-refractivity contribution in [2.75, 3.05) is 19.3 Å². The van der Waals surface area contributed by atoms with Crippen molar-refractivity contribution in [1.29, 1.82) is 0 Å². The Kier molecular flexibility index (Phi) is 8.70. The van der Waals surface area contributed by atoms with Gasteiger partial charge in [0.05, 0.1) is 12.8 Å². The molecule has 1 atom stereocenters. The van der Waals surface area contributed by atoms with Crippen molar-refractivity contribution < 1.29 is 22.4 Å². The minimum atomic E-state index is -3.69. The summed E-state index contributed by atoms with van der Waals surface area (Å²) in [6.07, 6.45) is 1.04. The van der Waals surface area contributed by atoms with Crippen LogP contribution in [-0.2, 0) is 32.7 Å². The molecular weight excluding hydrogens is 421 g/mol. The number of nitrogens with one attached hydrogen (secondary N) is 1. The molecule has 0 heterocycles. The van der Waals surface area contributed by atoms with E-state index in [-0.39, 0.29) is 19.0 Å². The lowest BCUT2D eigenvalue weighted by molar-refractivity contribution is -0.140. The summed E-state index contributed by atoms with van der Waals surface area (Å²) in [5.41, 5.74) is 1.36. The van der Waals surface area contributed by atoms with Crippen LogP contribution >= 0.6 is 0 Å². The lowest BCUT2D eigenvalue weighted by atomic mass is 10.1. The summed E-state index contributed by atoms with van der Waals surface area (Å²) in [6.45, 7) is 3.39. The number of halogens is 1. The Hall–Kier alpha value is -2.78. The fourth-order valence-corrected chi connectivity index (χ4v) is 3.74. The van der Waals surface area contributed by atoms with Crippen LogP contribution in [0.2, 0.25) is 0 Å². The van der Waals surface area contributed by atoms with E-state index in [0.29, 0.717) is 12.1 Å². The van der Waals surface area contributed by atoms with Gasteiger partial charge in [0.1, 0.15) is 11.9 Å². The van der Waals surface area contributed by atoms with Crippen LogP contribution in [0.5, 0.6) is 0 Å². The molecule has 7 nitrogen and oxygen atoms in total. The number of hydrogen-bond acceptors (Lipinski definition) is 4. The zero-order valence-electron chi connectivity index (χ0n) is 17.9. The summed E-state index contributed by atoms with van der Waals surface area (Å²) in [7, 11) is -3.69. The molecule has 2 rings (SSSR count). The predicted molar refractivity (Wildman–Crippen MR) is 117 cm³/mol. The number of benzene rings is 2. The van der Waals surface area contributed by atoms with Gasteiger partial charge in [0.25, 0.3) is 0 Å². The van der Waals surface area contributed by atoms with Gasteiger partial charge in [-0.15, -0.1) is 0 Å². The number of hydrogen-bond donors (Lipinski definition) is 1. The third-order valence-electron chi connectivity index (χ3n) is 4.77. The molecule has 168 valence electrons. The highest BCUT2D eigenvalue weighted by Gasteiger charge is 2.29. The van der Waals surface area contributed by atoms with Crippen molar-refractivity contribution in [1.82, 2.24) is 14.5 Å². The van der Waals surface area contributed by atoms with E-state index in [9.17, 15) is 22.4 Å². The van der Waals surface area contributed by atoms with E-state index in [0.717, 1.165) is 16.1 Å². The van der Waals surface area contributed by atoms with Crippen molar-refractivity contribution in [3.8, 4) is 0 Å². The molecule has 0 saturated carbocycles. The van der Waals surface area contributed by atoms with Crippen LogP contribution in [0, 0.1) is 5.82 Å². The summed E-state index contributed by atoms with van der Waals surface area (Å²) in [6, 6.07) is 13.7. The molecule has 0 saturated heterocycles. The number of nitrogens with zero attached hydrogens (tertiary/aromatic N) is 2. The lowest BCUT2D eigenvalue weighted by Crippen LogP contribution is -2.50. The van der Waals surface area contributed by atoms with Gasteiger partial charge >= 0.3 is 0 Å². The van der Waals surface area contributed by atoms with Gasteiger partial charge in [0.2, 0.25) is 21.8 Å². The lowest BCUT2D eigenvalue weighted by Gasteiger charge is -2.30. The highest BCUT2D eigenvalue weighted by atomic mass is 32.2. The first kappa shape index (κ1) is 24.5. The predicted octanol–water partition coefficient (Wildman–Crippen LogP) is 2.14. The smallest absolute Gasteiger partial charge is 0.242 e. The molecule has 0 aliphatic carbocycles. The van der Waals surface area contributed by atoms with Crippen LogP contribution in [0.3, 0.4) is 0 Å². The maximum Gasteiger partial charge on any atom is 0.242 e. The first-order valence-electron chi connectivity index (χ1n) is 9.92. The molecule has 1 N–H and O–H groups in total. The molecule has 0 fully saturated rings. The molecule has 2 amide bonds. The maximum atomic E-state index is 13.3. The van der Waals surface area contributed by atoms with Crippen LogP contribution in [0.25, 0.3) is 0 Å². The fraction of sp³-hybridized carbons (Fsp3) is 0.364. The molecule has 0 aliphatic heterocycles. The molecule has 0 spiro atoms. The van der Waals surface area contributed by atoms with Gasteiger partial charge in [-0.1, -0.05) is 42.5 Å². The molecule has 0 aliphatic rings. The normalized spacial score (nSPS) is 12.4. The van der Waals surface area contributed by atoms with Crippen LogP contribution in [0.1, 0.15) is 25.0 Å². The van der Waals surface area contributed by atoms with Crippen LogP contribution < -0.4 is 5.32 Å². The number of rotatable bonds is 10. The Morgan fingerprint density at radius 3 is 2.13 bits per heavy atom. The summed E-state index contributed by atoms with van der Waals surface area (Å²) in [5.74, 6) is -1.29. The van der Waals surface area contributed by atoms with E-state index >= 15 is 0 Å². The van der Waals surface area contributed by atoms with Gasteiger partial charge in [-0.3, -0.25) is 9.59 Å².